The van der Waals surface area contributed by atoms with Crippen molar-refractivity contribution >= 4 is 0 Å². The van der Waals surface area contributed by atoms with Gasteiger partial charge in [-0.2, -0.15) is 0 Å². The second-order valence-electron chi connectivity index (χ2n) is 5.00. The van der Waals surface area contributed by atoms with Crippen molar-refractivity contribution in [3.63, 3.8) is 0 Å². The second kappa shape index (κ2) is 9.66. The van der Waals surface area contributed by atoms with Gasteiger partial charge in [0.25, 0.3) is 0 Å². The van der Waals surface area contributed by atoms with Crippen molar-refractivity contribution in [1.29, 1.82) is 0 Å². The van der Waals surface area contributed by atoms with E-state index in [1.165, 1.54) is 0 Å². The molecule has 1 heterocycles. The molecule has 1 aliphatic rings. The van der Waals surface area contributed by atoms with Gasteiger partial charge in [-0.1, -0.05) is 26.7 Å². The summed E-state index contributed by atoms with van der Waals surface area (Å²) in [6.45, 7) is 5.53. The van der Waals surface area contributed by atoms with E-state index in [0.29, 0.717) is 19.8 Å². The third-order valence-corrected chi connectivity index (χ3v) is 3.38. The topological polar surface area (TPSA) is 68.2 Å². The predicted octanol–water partition coefficient (Wildman–Crippen LogP) is 1.11. The molecule has 114 valence electrons. The molecule has 0 spiro atoms. The van der Waals surface area contributed by atoms with Crippen LogP contribution in [0.4, 0.5) is 0 Å². The lowest BCUT2D eigenvalue weighted by atomic mass is 10.00. The maximum atomic E-state index is 10.3. The Kier molecular flexibility index (Phi) is 8.57. The molecule has 5 nitrogen and oxygen atoms in total. The Bertz CT molecular complexity index is 222. The first-order chi connectivity index (χ1) is 9.24. The minimum atomic E-state index is -0.736. The van der Waals surface area contributed by atoms with Crippen LogP contribution in [-0.4, -0.2) is 61.1 Å². The fourth-order valence-electron chi connectivity index (χ4n) is 2.10. The van der Waals surface area contributed by atoms with Crippen LogP contribution in [0, 0.1) is 0 Å². The Morgan fingerprint density at radius 2 is 1.74 bits per heavy atom. The van der Waals surface area contributed by atoms with E-state index >= 15 is 0 Å². The summed E-state index contributed by atoms with van der Waals surface area (Å²) in [6.07, 6.45) is 1.93. The summed E-state index contributed by atoms with van der Waals surface area (Å²) in [5.41, 5.74) is 0. The molecule has 1 saturated heterocycles. The number of aliphatic hydroxyl groups excluding tert-OH is 2. The molecule has 1 rings (SSSR count). The molecule has 2 N–H and O–H groups in total. The maximum Gasteiger partial charge on any atom is 0.114 e. The van der Waals surface area contributed by atoms with Crippen LogP contribution in [0.15, 0.2) is 0 Å². The summed E-state index contributed by atoms with van der Waals surface area (Å²) in [7, 11) is 0. The number of unbranched alkanes of at least 4 members (excludes halogenated alkanes) is 2. The average Bonchev–Trinajstić information content (AvgIpc) is 2.42. The summed E-state index contributed by atoms with van der Waals surface area (Å²) in [4.78, 5) is 0. The Morgan fingerprint density at radius 1 is 1.11 bits per heavy atom. The fourth-order valence-corrected chi connectivity index (χ4v) is 2.10. The molecule has 1 unspecified atom stereocenters. The Hall–Kier alpha value is -0.200. The summed E-state index contributed by atoms with van der Waals surface area (Å²) in [5, 5.41) is 19.6. The largest absolute Gasteiger partial charge is 0.394 e. The van der Waals surface area contributed by atoms with Crippen molar-refractivity contribution in [3.8, 4) is 0 Å². The van der Waals surface area contributed by atoms with Crippen molar-refractivity contribution in [3.05, 3.63) is 0 Å². The minimum Gasteiger partial charge on any atom is -0.394 e. The van der Waals surface area contributed by atoms with E-state index in [4.69, 9.17) is 14.2 Å². The highest BCUT2D eigenvalue weighted by Gasteiger charge is 2.40. The van der Waals surface area contributed by atoms with Gasteiger partial charge in [0.1, 0.15) is 24.4 Å². The van der Waals surface area contributed by atoms with Crippen molar-refractivity contribution in [2.24, 2.45) is 0 Å². The molecule has 1 fully saturated rings. The molecule has 19 heavy (non-hydrogen) atoms. The van der Waals surface area contributed by atoms with E-state index < -0.39 is 18.3 Å². The van der Waals surface area contributed by atoms with E-state index in [9.17, 15) is 10.2 Å². The number of hydrogen-bond donors (Lipinski definition) is 2. The van der Waals surface area contributed by atoms with Crippen LogP contribution < -0.4 is 0 Å². The maximum absolute atomic E-state index is 10.3. The molecule has 0 radical (unpaired) electrons. The van der Waals surface area contributed by atoms with E-state index in [0.717, 1.165) is 25.7 Å². The molecule has 0 aromatic heterocycles. The Balaban J connectivity index is 2.46. The number of ether oxygens (including phenoxy) is 3. The smallest absolute Gasteiger partial charge is 0.114 e. The highest BCUT2D eigenvalue weighted by molar-refractivity contribution is 4.88. The van der Waals surface area contributed by atoms with Gasteiger partial charge in [0.2, 0.25) is 0 Å². The third kappa shape index (κ3) is 5.36. The van der Waals surface area contributed by atoms with Crippen LogP contribution in [0.5, 0.6) is 0 Å². The monoisotopic (exact) mass is 276 g/mol. The fraction of sp³-hybridized carbons (Fsp3) is 1.00. The lowest BCUT2D eigenvalue weighted by Gasteiger charge is -2.39. The molecule has 4 atom stereocenters. The molecule has 0 aromatic carbocycles. The van der Waals surface area contributed by atoms with Gasteiger partial charge in [0.15, 0.2) is 0 Å². The Morgan fingerprint density at radius 3 is 2.32 bits per heavy atom. The first kappa shape index (κ1) is 16.9. The second-order valence-corrected chi connectivity index (χ2v) is 5.00. The zero-order valence-corrected chi connectivity index (χ0v) is 12.1. The molecule has 0 bridgehead atoms. The zero-order valence-electron chi connectivity index (χ0n) is 12.1. The zero-order chi connectivity index (χ0) is 14.1. The van der Waals surface area contributed by atoms with Crippen LogP contribution in [0.1, 0.15) is 39.5 Å². The lowest BCUT2D eigenvalue weighted by molar-refractivity contribution is -0.223. The van der Waals surface area contributed by atoms with E-state index in [1.54, 1.807) is 0 Å². The summed E-state index contributed by atoms with van der Waals surface area (Å²) < 4.78 is 16.8. The molecule has 0 saturated carbocycles. The Labute approximate surface area is 115 Å². The van der Waals surface area contributed by atoms with Gasteiger partial charge >= 0.3 is 0 Å². The molecule has 0 amide bonds. The van der Waals surface area contributed by atoms with E-state index in [-0.39, 0.29) is 12.7 Å². The van der Waals surface area contributed by atoms with Crippen LogP contribution >= 0.6 is 0 Å². The number of hydrogen-bond acceptors (Lipinski definition) is 5. The van der Waals surface area contributed by atoms with Crippen molar-refractivity contribution in [2.75, 3.05) is 26.4 Å². The number of aliphatic hydroxyl groups is 2. The van der Waals surface area contributed by atoms with Gasteiger partial charge in [-0.3, -0.25) is 0 Å². The molecular formula is C14H28O5. The third-order valence-electron chi connectivity index (χ3n) is 3.38. The molecule has 1 aliphatic heterocycles. The van der Waals surface area contributed by atoms with Crippen LogP contribution in [0.2, 0.25) is 0 Å². The van der Waals surface area contributed by atoms with Gasteiger partial charge in [-0.25, -0.2) is 0 Å². The normalized spacial score (nSPS) is 31.6. The van der Waals surface area contributed by atoms with Gasteiger partial charge in [-0.05, 0) is 12.8 Å². The quantitative estimate of drug-likeness (QED) is 0.617. The summed E-state index contributed by atoms with van der Waals surface area (Å²) in [5.74, 6) is 0. The van der Waals surface area contributed by atoms with Gasteiger partial charge < -0.3 is 24.4 Å². The van der Waals surface area contributed by atoms with Gasteiger partial charge in [-0.15, -0.1) is 0 Å². The SMILES string of the molecule is CCCCO[C@@H]1C(O)[C@H](OCCCC)CO[C@@H]1CO. The predicted molar refractivity (Wildman–Crippen MR) is 72.1 cm³/mol. The minimum absolute atomic E-state index is 0.143. The highest BCUT2D eigenvalue weighted by Crippen LogP contribution is 2.21. The number of rotatable bonds is 9. The van der Waals surface area contributed by atoms with E-state index in [2.05, 4.69) is 13.8 Å². The summed E-state index contributed by atoms with van der Waals surface area (Å²) >= 11 is 0. The van der Waals surface area contributed by atoms with Gasteiger partial charge in [0, 0.05) is 13.2 Å². The average molecular weight is 276 g/mol. The van der Waals surface area contributed by atoms with Gasteiger partial charge in [0.05, 0.1) is 13.2 Å². The van der Waals surface area contributed by atoms with E-state index in [1.807, 2.05) is 0 Å². The lowest BCUT2D eigenvalue weighted by Crippen LogP contribution is -2.56. The first-order valence-corrected chi connectivity index (χ1v) is 7.38. The van der Waals surface area contributed by atoms with Crippen molar-refractivity contribution in [1.82, 2.24) is 0 Å². The molecule has 0 aromatic rings. The molecule has 0 aliphatic carbocycles. The van der Waals surface area contributed by atoms with Crippen molar-refractivity contribution < 1.29 is 24.4 Å². The first-order valence-electron chi connectivity index (χ1n) is 7.38. The summed E-state index contributed by atoms with van der Waals surface area (Å²) in [6, 6.07) is 0. The highest BCUT2D eigenvalue weighted by atomic mass is 16.6. The molecular weight excluding hydrogens is 248 g/mol. The standard InChI is InChI=1S/C14H28O5/c1-3-5-7-17-12-10-19-11(9-15)14(13(12)16)18-8-6-4-2/h11-16H,3-10H2,1-2H3/t11-,12-,13?,14+/m1/s1. The van der Waals surface area contributed by atoms with Crippen LogP contribution in [-0.2, 0) is 14.2 Å². The van der Waals surface area contributed by atoms with Crippen molar-refractivity contribution in [2.45, 2.75) is 63.9 Å². The van der Waals surface area contributed by atoms with Crippen LogP contribution in [0.3, 0.4) is 0 Å². The molecule has 5 heteroatoms. The van der Waals surface area contributed by atoms with Crippen LogP contribution in [0.25, 0.3) is 0 Å².